The first-order valence-electron chi connectivity index (χ1n) is 6.65. The van der Waals surface area contributed by atoms with Gasteiger partial charge >= 0.3 is 0 Å². The Kier molecular flexibility index (Phi) is 3.41. The summed E-state index contributed by atoms with van der Waals surface area (Å²) in [6.07, 6.45) is 0. The largest absolute Gasteiger partial charge is 0.454 e. The van der Waals surface area contributed by atoms with Gasteiger partial charge in [0, 0.05) is 18.7 Å². The first kappa shape index (κ1) is 14.0. The van der Waals surface area contributed by atoms with Gasteiger partial charge in [0.2, 0.25) is 12.7 Å². The molecule has 0 unspecified atom stereocenters. The van der Waals surface area contributed by atoms with Crippen LogP contribution in [0.4, 0.5) is 0 Å². The van der Waals surface area contributed by atoms with Gasteiger partial charge in [0.15, 0.2) is 11.5 Å². The van der Waals surface area contributed by atoms with Crippen LogP contribution in [0.25, 0.3) is 0 Å². The molecule has 2 heterocycles. The number of carbonyl (C=O) groups excluding carboxylic acids is 2. The van der Waals surface area contributed by atoms with Gasteiger partial charge in [0.1, 0.15) is 0 Å². The molecule has 2 N–H and O–H groups in total. The van der Waals surface area contributed by atoms with Crippen LogP contribution in [0.5, 0.6) is 11.5 Å². The number of fused-ring (bicyclic) bond motifs is 1. The van der Waals surface area contributed by atoms with Crippen LogP contribution in [0, 0.1) is 11.8 Å². The summed E-state index contributed by atoms with van der Waals surface area (Å²) in [5.74, 6) is 0.101. The minimum atomic E-state index is -0.374. The van der Waals surface area contributed by atoms with E-state index in [9.17, 15) is 9.59 Å². The minimum absolute atomic E-state index is 0.0518. The Morgan fingerprint density at radius 1 is 1.33 bits per heavy atom. The third-order valence-corrected chi connectivity index (χ3v) is 4.22. The molecule has 1 aromatic rings. The van der Waals surface area contributed by atoms with E-state index in [1.165, 1.54) is 0 Å². The zero-order chi connectivity index (χ0) is 15.1. The van der Waals surface area contributed by atoms with Crippen molar-refractivity contribution < 1.29 is 19.1 Å². The zero-order valence-corrected chi connectivity index (χ0v) is 12.2. The predicted octanol–water partition coefficient (Wildman–Crippen LogP) is 1.26. The maximum absolute atomic E-state index is 12.5. The van der Waals surface area contributed by atoms with Crippen LogP contribution in [0.3, 0.4) is 0 Å². The number of ether oxygens (including phenoxy) is 2. The van der Waals surface area contributed by atoms with E-state index in [1.807, 2.05) is 6.92 Å². The molecule has 0 radical (unpaired) electrons. The van der Waals surface area contributed by atoms with Crippen molar-refractivity contribution >= 4 is 23.4 Å². The lowest BCUT2D eigenvalue weighted by molar-refractivity contribution is -0.122. The van der Waals surface area contributed by atoms with Crippen LogP contribution in [0.2, 0.25) is 5.02 Å². The van der Waals surface area contributed by atoms with E-state index >= 15 is 0 Å². The second-order valence-electron chi connectivity index (χ2n) is 5.39. The number of carbonyl (C=O) groups is 2. The third kappa shape index (κ3) is 2.40. The Morgan fingerprint density at radius 2 is 2.10 bits per heavy atom. The predicted molar refractivity (Wildman–Crippen MR) is 75.3 cm³/mol. The van der Waals surface area contributed by atoms with E-state index < -0.39 is 0 Å². The number of rotatable bonds is 2. The van der Waals surface area contributed by atoms with E-state index in [1.54, 1.807) is 17.0 Å². The number of nitrogens with zero attached hydrogens (tertiary/aromatic N) is 1. The quantitative estimate of drug-likeness (QED) is 0.891. The van der Waals surface area contributed by atoms with Gasteiger partial charge < -0.3 is 20.1 Å². The van der Waals surface area contributed by atoms with Gasteiger partial charge in [0.25, 0.3) is 5.91 Å². The van der Waals surface area contributed by atoms with Gasteiger partial charge in [-0.2, -0.15) is 0 Å². The number of nitrogens with two attached hydrogens (primary N) is 1. The molecule has 3 rings (SSSR count). The van der Waals surface area contributed by atoms with Crippen molar-refractivity contribution in [2.45, 2.75) is 6.92 Å². The average molecular weight is 311 g/mol. The van der Waals surface area contributed by atoms with Crippen molar-refractivity contribution in [1.82, 2.24) is 4.90 Å². The van der Waals surface area contributed by atoms with Gasteiger partial charge in [-0.3, -0.25) is 9.59 Å². The second kappa shape index (κ2) is 5.11. The number of amides is 2. The maximum Gasteiger partial charge on any atom is 0.254 e. The molecule has 0 bridgehead atoms. The first-order valence-corrected chi connectivity index (χ1v) is 7.03. The van der Waals surface area contributed by atoms with Crippen LogP contribution >= 0.6 is 11.6 Å². The Bertz CT molecular complexity index is 619. The van der Waals surface area contributed by atoms with E-state index in [4.69, 9.17) is 26.8 Å². The molecule has 0 aliphatic carbocycles. The molecule has 2 atom stereocenters. The van der Waals surface area contributed by atoms with E-state index in [-0.39, 0.29) is 30.4 Å². The van der Waals surface area contributed by atoms with Crippen molar-refractivity contribution in [1.29, 1.82) is 0 Å². The number of halogens is 1. The first-order chi connectivity index (χ1) is 9.97. The molecule has 112 valence electrons. The van der Waals surface area contributed by atoms with Crippen LogP contribution < -0.4 is 15.2 Å². The number of hydrogen-bond donors (Lipinski definition) is 1. The van der Waals surface area contributed by atoms with Gasteiger partial charge in [-0.15, -0.1) is 0 Å². The van der Waals surface area contributed by atoms with Crippen LogP contribution in [0.1, 0.15) is 17.3 Å². The normalized spacial score (nSPS) is 23.4. The summed E-state index contributed by atoms with van der Waals surface area (Å²) in [5, 5.41) is 0.340. The van der Waals surface area contributed by atoms with Crippen molar-refractivity contribution in [3.05, 3.63) is 22.7 Å². The van der Waals surface area contributed by atoms with Gasteiger partial charge in [-0.05, 0) is 18.1 Å². The highest BCUT2D eigenvalue weighted by atomic mass is 35.5. The molecule has 21 heavy (non-hydrogen) atoms. The van der Waals surface area contributed by atoms with Gasteiger partial charge in [-0.25, -0.2) is 0 Å². The molecule has 1 saturated heterocycles. The third-order valence-electron chi connectivity index (χ3n) is 3.94. The van der Waals surface area contributed by atoms with E-state index in [0.717, 1.165) is 0 Å². The molecule has 0 saturated carbocycles. The molecule has 1 aromatic carbocycles. The highest BCUT2D eigenvalue weighted by molar-refractivity contribution is 6.32. The minimum Gasteiger partial charge on any atom is -0.454 e. The fourth-order valence-corrected chi connectivity index (χ4v) is 3.04. The smallest absolute Gasteiger partial charge is 0.254 e. The van der Waals surface area contributed by atoms with Gasteiger partial charge in [-0.1, -0.05) is 18.5 Å². The van der Waals surface area contributed by atoms with Crippen LogP contribution in [-0.2, 0) is 4.79 Å². The Morgan fingerprint density at radius 3 is 2.76 bits per heavy atom. The highest BCUT2D eigenvalue weighted by Gasteiger charge is 2.36. The Hall–Kier alpha value is -1.95. The lowest BCUT2D eigenvalue weighted by Crippen LogP contribution is -2.32. The highest BCUT2D eigenvalue weighted by Crippen LogP contribution is 2.40. The summed E-state index contributed by atoms with van der Waals surface area (Å²) >= 11 is 6.08. The number of hydrogen-bond acceptors (Lipinski definition) is 4. The van der Waals surface area contributed by atoms with Crippen molar-refractivity contribution in [2.75, 3.05) is 19.9 Å². The summed E-state index contributed by atoms with van der Waals surface area (Å²) in [5.41, 5.74) is 5.77. The van der Waals surface area contributed by atoms with Crippen molar-refractivity contribution in [2.24, 2.45) is 17.6 Å². The molecular weight excluding hydrogens is 296 g/mol. The van der Waals surface area contributed by atoms with E-state index in [0.29, 0.717) is 35.2 Å². The fourth-order valence-electron chi connectivity index (χ4n) is 2.78. The maximum atomic E-state index is 12.5. The molecular formula is C14H15ClN2O4. The molecule has 2 aliphatic heterocycles. The Labute approximate surface area is 126 Å². The molecule has 0 aromatic heterocycles. The molecule has 7 heteroatoms. The SMILES string of the molecule is C[C@@H]1CN(C(=O)c2cc(Cl)c3c(c2)OCO3)C[C@H]1C(N)=O. The lowest BCUT2D eigenvalue weighted by atomic mass is 9.98. The Balaban J connectivity index is 1.84. The number of likely N-dealkylation sites (tertiary alicyclic amines) is 1. The number of benzene rings is 1. The van der Waals surface area contributed by atoms with Crippen LogP contribution in [-0.4, -0.2) is 36.6 Å². The summed E-state index contributed by atoms with van der Waals surface area (Å²) in [6, 6.07) is 3.17. The summed E-state index contributed by atoms with van der Waals surface area (Å²) in [7, 11) is 0. The topological polar surface area (TPSA) is 81.9 Å². The molecule has 1 fully saturated rings. The summed E-state index contributed by atoms with van der Waals surface area (Å²) in [6.45, 7) is 2.84. The van der Waals surface area contributed by atoms with Crippen molar-refractivity contribution in [3.8, 4) is 11.5 Å². The summed E-state index contributed by atoms with van der Waals surface area (Å²) in [4.78, 5) is 25.5. The molecule has 6 nitrogen and oxygen atoms in total. The van der Waals surface area contributed by atoms with E-state index in [2.05, 4.69) is 0 Å². The number of primary amides is 1. The molecule has 2 amide bonds. The van der Waals surface area contributed by atoms with Crippen LogP contribution in [0.15, 0.2) is 12.1 Å². The monoisotopic (exact) mass is 310 g/mol. The fraction of sp³-hybridized carbons (Fsp3) is 0.429. The standard InChI is InChI=1S/C14H15ClN2O4/c1-7-4-17(5-9(7)13(16)18)14(19)8-2-10(15)12-11(3-8)20-6-21-12/h2-3,7,9H,4-6H2,1H3,(H2,16,18)/t7-,9-/m1/s1. The summed E-state index contributed by atoms with van der Waals surface area (Å²) < 4.78 is 10.5. The lowest BCUT2D eigenvalue weighted by Gasteiger charge is -2.16. The average Bonchev–Trinajstić information content (AvgIpc) is 3.04. The zero-order valence-electron chi connectivity index (χ0n) is 11.5. The second-order valence-corrected chi connectivity index (χ2v) is 5.80. The van der Waals surface area contributed by atoms with Gasteiger partial charge in [0.05, 0.1) is 10.9 Å². The molecule has 2 aliphatic rings. The van der Waals surface area contributed by atoms with Crippen molar-refractivity contribution in [3.63, 3.8) is 0 Å². The molecule has 0 spiro atoms.